The quantitative estimate of drug-likeness (QED) is 0.294. The van der Waals surface area contributed by atoms with E-state index in [1.54, 1.807) is 0 Å². The highest BCUT2D eigenvalue weighted by atomic mass is 15.1. The van der Waals surface area contributed by atoms with Crippen molar-refractivity contribution in [2.24, 2.45) is 0 Å². The minimum Gasteiger partial charge on any atom is -0.344 e. The van der Waals surface area contributed by atoms with Crippen LogP contribution in [0.1, 0.15) is 0 Å². The molecule has 0 aliphatic carbocycles. The van der Waals surface area contributed by atoms with Crippen molar-refractivity contribution in [3.63, 3.8) is 0 Å². The molecule has 0 N–H and O–H groups in total. The minimum atomic E-state index is 1.18. The lowest BCUT2D eigenvalue weighted by atomic mass is 10.00. The third-order valence-corrected chi connectivity index (χ3v) is 5.84. The number of fused-ring (bicyclic) bond motifs is 2. The fourth-order valence-corrected chi connectivity index (χ4v) is 4.19. The summed E-state index contributed by atoms with van der Waals surface area (Å²) < 4.78 is 0. The molecule has 0 atom stereocenters. The van der Waals surface area contributed by atoms with Gasteiger partial charge in [0.15, 0.2) is 0 Å². The lowest BCUT2D eigenvalue weighted by molar-refractivity contribution is 1.22. The molecule has 5 aromatic rings. The van der Waals surface area contributed by atoms with Crippen LogP contribution < -0.4 is 9.80 Å². The standard InChI is InChI=1S/C28H24N2/c1-29(23-13-5-3-6-14-23)27-17-9-11-21-19-22-12-10-18-28(26(22)20-25(21)27)30(2)24-15-7-4-8-16-24/h3-20H,1-2H3. The van der Waals surface area contributed by atoms with Gasteiger partial charge in [0, 0.05) is 47.6 Å². The van der Waals surface area contributed by atoms with Gasteiger partial charge in [-0.25, -0.2) is 0 Å². The van der Waals surface area contributed by atoms with Gasteiger partial charge >= 0.3 is 0 Å². The molecule has 5 rings (SSSR count). The van der Waals surface area contributed by atoms with Crippen LogP contribution in [-0.2, 0) is 0 Å². The summed E-state index contributed by atoms with van der Waals surface area (Å²) in [4.78, 5) is 4.52. The van der Waals surface area contributed by atoms with E-state index in [-0.39, 0.29) is 0 Å². The average molecular weight is 389 g/mol. The molecular weight excluding hydrogens is 364 g/mol. The van der Waals surface area contributed by atoms with Gasteiger partial charge < -0.3 is 9.80 Å². The Morgan fingerprint density at radius 1 is 0.433 bits per heavy atom. The van der Waals surface area contributed by atoms with E-state index < -0.39 is 0 Å². The van der Waals surface area contributed by atoms with Gasteiger partial charge in [-0.2, -0.15) is 0 Å². The van der Waals surface area contributed by atoms with Gasteiger partial charge in [-0.3, -0.25) is 0 Å². The monoisotopic (exact) mass is 388 g/mol. The van der Waals surface area contributed by atoms with Gasteiger partial charge in [0.05, 0.1) is 0 Å². The van der Waals surface area contributed by atoms with Crippen LogP contribution in [0.5, 0.6) is 0 Å². The van der Waals surface area contributed by atoms with Crippen LogP contribution in [0, 0.1) is 0 Å². The van der Waals surface area contributed by atoms with Crippen LogP contribution in [0.4, 0.5) is 22.7 Å². The number of hydrogen-bond donors (Lipinski definition) is 0. The first-order valence-electron chi connectivity index (χ1n) is 10.3. The van der Waals surface area contributed by atoms with Crippen LogP contribution in [0.25, 0.3) is 21.5 Å². The van der Waals surface area contributed by atoms with Crippen molar-refractivity contribution >= 4 is 44.3 Å². The smallest absolute Gasteiger partial charge is 0.0488 e. The molecule has 5 aromatic carbocycles. The highest BCUT2D eigenvalue weighted by molar-refractivity contribution is 6.08. The SMILES string of the molecule is CN(c1ccccc1)c1cccc2cc3cccc(N(C)c4ccccc4)c3cc12. The van der Waals surface area contributed by atoms with E-state index in [1.807, 2.05) is 0 Å². The molecule has 146 valence electrons. The van der Waals surface area contributed by atoms with Gasteiger partial charge in [0.1, 0.15) is 0 Å². The molecule has 2 heteroatoms. The summed E-state index contributed by atoms with van der Waals surface area (Å²) in [5.74, 6) is 0. The maximum Gasteiger partial charge on any atom is 0.0488 e. The van der Waals surface area contributed by atoms with Crippen molar-refractivity contribution in [1.82, 2.24) is 0 Å². The molecule has 0 aliphatic heterocycles. The molecule has 0 aliphatic rings. The second kappa shape index (κ2) is 7.57. The van der Waals surface area contributed by atoms with E-state index in [4.69, 9.17) is 0 Å². The number of para-hydroxylation sites is 2. The summed E-state index contributed by atoms with van der Waals surface area (Å²) >= 11 is 0. The summed E-state index contributed by atoms with van der Waals surface area (Å²) in [6, 6.07) is 38.8. The fourth-order valence-electron chi connectivity index (χ4n) is 4.19. The highest BCUT2D eigenvalue weighted by Crippen LogP contribution is 2.37. The molecule has 0 saturated heterocycles. The van der Waals surface area contributed by atoms with Gasteiger partial charge in [-0.05, 0) is 59.3 Å². The number of anilines is 4. The zero-order valence-electron chi connectivity index (χ0n) is 17.3. The Bertz CT molecular complexity index is 1210. The van der Waals surface area contributed by atoms with Gasteiger partial charge in [0.25, 0.3) is 0 Å². The second-order valence-electron chi connectivity index (χ2n) is 7.64. The predicted molar refractivity (Wildman–Crippen MR) is 130 cm³/mol. The Kier molecular flexibility index (Phi) is 4.61. The first kappa shape index (κ1) is 18.3. The van der Waals surface area contributed by atoms with E-state index in [0.717, 1.165) is 0 Å². The minimum absolute atomic E-state index is 1.18. The Morgan fingerprint density at radius 2 is 0.867 bits per heavy atom. The van der Waals surface area contributed by atoms with Gasteiger partial charge in [0.2, 0.25) is 0 Å². The maximum absolute atomic E-state index is 2.34. The van der Waals surface area contributed by atoms with Crippen LogP contribution in [0.15, 0.2) is 109 Å². The zero-order chi connectivity index (χ0) is 20.5. The van der Waals surface area contributed by atoms with Crippen molar-refractivity contribution in [1.29, 1.82) is 0 Å². The molecule has 30 heavy (non-hydrogen) atoms. The molecule has 0 unspecified atom stereocenters. The van der Waals surface area contributed by atoms with E-state index in [9.17, 15) is 0 Å². The molecule has 0 heterocycles. The van der Waals surface area contributed by atoms with Crippen molar-refractivity contribution in [2.75, 3.05) is 23.9 Å². The molecule has 0 amide bonds. The molecular formula is C28H24N2. The van der Waals surface area contributed by atoms with Crippen LogP contribution >= 0.6 is 0 Å². The van der Waals surface area contributed by atoms with Crippen molar-refractivity contribution in [3.8, 4) is 0 Å². The van der Waals surface area contributed by atoms with Gasteiger partial charge in [-0.15, -0.1) is 0 Å². The largest absolute Gasteiger partial charge is 0.344 e. The number of rotatable bonds is 4. The van der Waals surface area contributed by atoms with E-state index in [0.29, 0.717) is 0 Å². The lowest BCUT2D eigenvalue weighted by Crippen LogP contribution is -2.10. The molecule has 0 bridgehead atoms. The van der Waals surface area contributed by atoms with Crippen molar-refractivity contribution in [3.05, 3.63) is 109 Å². The summed E-state index contributed by atoms with van der Waals surface area (Å²) in [6.45, 7) is 0. The Hall–Kier alpha value is -3.78. The molecule has 0 spiro atoms. The normalized spacial score (nSPS) is 11.0. The van der Waals surface area contributed by atoms with Crippen LogP contribution in [0.3, 0.4) is 0 Å². The summed E-state index contributed by atoms with van der Waals surface area (Å²) in [5, 5.41) is 5.01. The van der Waals surface area contributed by atoms with E-state index in [2.05, 4.69) is 133 Å². The number of benzene rings is 5. The first-order valence-corrected chi connectivity index (χ1v) is 10.3. The second-order valence-corrected chi connectivity index (χ2v) is 7.64. The lowest BCUT2D eigenvalue weighted by Gasteiger charge is -2.24. The average Bonchev–Trinajstić information content (AvgIpc) is 2.82. The maximum atomic E-state index is 2.34. The molecule has 2 nitrogen and oxygen atoms in total. The van der Waals surface area contributed by atoms with E-state index >= 15 is 0 Å². The number of hydrogen-bond acceptors (Lipinski definition) is 2. The Morgan fingerprint density at radius 3 is 1.30 bits per heavy atom. The first-order chi connectivity index (χ1) is 14.7. The Balaban J connectivity index is 1.71. The van der Waals surface area contributed by atoms with Gasteiger partial charge in [-0.1, -0.05) is 60.7 Å². The van der Waals surface area contributed by atoms with E-state index in [1.165, 1.54) is 44.3 Å². The zero-order valence-corrected chi connectivity index (χ0v) is 17.3. The highest BCUT2D eigenvalue weighted by Gasteiger charge is 2.12. The van der Waals surface area contributed by atoms with Crippen molar-refractivity contribution < 1.29 is 0 Å². The molecule has 0 aromatic heterocycles. The predicted octanol–water partition coefficient (Wildman–Crippen LogP) is 7.53. The Labute approximate surface area is 177 Å². The number of nitrogens with zero attached hydrogens (tertiary/aromatic N) is 2. The van der Waals surface area contributed by atoms with Crippen LogP contribution in [-0.4, -0.2) is 14.1 Å². The molecule has 0 radical (unpaired) electrons. The third kappa shape index (κ3) is 3.17. The third-order valence-electron chi connectivity index (χ3n) is 5.84. The summed E-state index contributed by atoms with van der Waals surface area (Å²) in [6.07, 6.45) is 0. The van der Waals surface area contributed by atoms with Crippen molar-refractivity contribution in [2.45, 2.75) is 0 Å². The molecule has 0 saturated carbocycles. The summed E-state index contributed by atoms with van der Waals surface area (Å²) in [7, 11) is 4.27. The fraction of sp³-hybridized carbons (Fsp3) is 0.0714. The summed E-state index contributed by atoms with van der Waals surface area (Å²) in [5.41, 5.74) is 4.77. The van der Waals surface area contributed by atoms with Crippen LogP contribution in [0.2, 0.25) is 0 Å². The topological polar surface area (TPSA) is 6.48 Å². The molecule has 0 fully saturated rings.